The van der Waals surface area contributed by atoms with Crippen LogP contribution in [0, 0.1) is 6.92 Å². The van der Waals surface area contributed by atoms with E-state index in [0.29, 0.717) is 0 Å². The number of hydrogen-bond acceptors (Lipinski definition) is 3. The Kier molecular flexibility index (Phi) is 4.91. The van der Waals surface area contributed by atoms with Gasteiger partial charge in [0.2, 0.25) is 11.6 Å². The summed E-state index contributed by atoms with van der Waals surface area (Å²) in [5.41, 5.74) is 4.41. The number of hydrogen-bond donors (Lipinski definition) is 1. The Morgan fingerprint density at radius 1 is 1.14 bits per heavy atom. The molecule has 2 aliphatic rings. The van der Waals surface area contributed by atoms with Crippen molar-refractivity contribution in [1.82, 2.24) is 5.32 Å². The van der Waals surface area contributed by atoms with Crippen molar-refractivity contribution in [1.29, 1.82) is 0 Å². The van der Waals surface area contributed by atoms with Gasteiger partial charge < -0.3 is 5.32 Å². The highest BCUT2D eigenvalue weighted by Crippen LogP contribution is 2.34. The Hall–Kier alpha value is -1.52. The molecule has 1 N–H and O–H groups in total. The molecule has 0 aromatic heterocycles. The Labute approximate surface area is 134 Å². The van der Waals surface area contributed by atoms with Crippen LogP contribution < -0.4 is 5.32 Å². The van der Waals surface area contributed by atoms with E-state index in [1.165, 1.54) is 23.3 Å². The van der Waals surface area contributed by atoms with Crippen LogP contribution in [0.5, 0.6) is 0 Å². The summed E-state index contributed by atoms with van der Waals surface area (Å²) in [5, 5.41) is 3.40. The molecular formula is C17H18BrNO2. The molecule has 0 saturated carbocycles. The summed E-state index contributed by atoms with van der Waals surface area (Å²) >= 11 is 0. The van der Waals surface area contributed by atoms with Crippen LogP contribution in [0.1, 0.15) is 23.5 Å². The minimum atomic E-state index is -0.400. The van der Waals surface area contributed by atoms with E-state index in [0.717, 1.165) is 30.7 Å². The lowest BCUT2D eigenvalue weighted by molar-refractivity contribution is -0.131. The molecule has 21 heavy (non-hydrogen) atoms. The number of ketones is 2. The van der Waals surface area contributed by atoms with Crippen molar-refractivity contribution >= 4 is 28.5 Å². The fourth-order valence-electron chi connectivity index (χ4n) is 2.92. The maximum absolute atomic E-state index is 11.7. The lowest BCUT2D eigenvalue weighted by Gasteiger charge is -2.22. The summed E-state index contributed by atoms with van der Waals surface area (Å²) in [6, 6.07) is 8.34. The fourth-order valence-corrected chi connectivity index (χ4v) is 2.92. The molecule has 3 rings (SSSR count). The standard InChI is InChI=1S/C17H17NO2.BrH/c1-11-3-2-4-12(7-11)15-10-18-6-5-13-8-16(19)17(20)9-14(13)15;/h2-4,7-9,15,18H,5-6,10H2,1H3;1H. The van der Waals surface area contributed by atoms with E-state index in [-0.39, 0.29) is 22.9 Å². The summed E-state index contributed by atoms with van der Waals surface area (Å²) in [7, 11) is 0. The molecule has 0 amide bonds. The van der Waals surface area contributed by atoms with Crippen LogP contribution in [-0.2, 0) is 9.59 Å². The van der Waals surface area contributed by atoms with E-state index in [1.54, 1.807) is 0 Å². The van der Waals surface area contributed by atoms with Crippen molar-refractivity contribution in [2.24, 2.45) is 0 Å². The van der Waals surface area contributed by atoms with Crippen LogP contribution in [0.3, 0.4) is 0 Å². The van der Waals surface area contributed by atoms with Gasteiger partial charge in [0.15, 0.2) is 0 Å². The second-order valence-electron chi connectivity index (χ2n) is 5.42. The van der Waals surface area contributed by atoms with Gasteiger partial charge in [-0.15, -0.1) is 17.0 Å². The van der Waals surface area contributed by atoms with Gasteiger partial charge in [0.25, 0.3) is 0 Å². The van der Waals surface area contributed by atoms with Crippen molar-refractivity contribution in [2.45, 2.75) is 19.3 Å². The Balaban J connectivity index is 0.00000161. The second kappa shape index (κ2) is 6.50. The Morgan fingerprint density at radius 3 is 2.67 bits per heavy atom. The van der Waals surface area contributed by atoms with E-state index in [4.69, 9.17) is 0 Å². The Morgan fingerprint density at radius 2 is 1.90 bits per heavy atom. The van der Waals surface area contributed by atoms with E-state index < -0.39 is 11.6 Å². The molecule has 0 radical (unpaired) electrons. The third kappa shape index (κ3) is 3.22. The molecule has 1 aliphatic heterocycles. The zero-order valence-corrected chi connectivity index (χ0v) is 13.6. The monoisotopic (exact) mass is 347 g/mol. The second-order valence-corrected chi connectivity index (χ2v) is 5.42. The van der Waals surface area contributed by atoms with Crippen molar-refractivity contribution in [2.75, 3.05) is 13.1 Å². The number of halogens is 1. The topological polar surface area (TPSA) is 46.2 Å². The number of fused-ring (bicyclic) bond motifs is 1. The summed E-state index contributed by atoms with van der Waals surface area (Å²) < 4.78 is 0. The van der Waals surface area contributed by atoms with Crippen molar-refractivity contribution < 1.29 is 9.59 Å². The van der Waals surface area contributed by atoms with E-state index >= 15 is 0 Å². The van der Waals surface area contributed by atoms with Crippen LogP contribution in [0.15, 0.2) is 47.6 Å². The molecule has 1 unspecified atom stereocenters. The molecule has 1 saturated heterocycles. The maximum atomic E-state index is 11.7. The third-order valence-corrected chi connectivity index (χ3v) is 3.95. The van der Waals surface area contributed by atoms with Gasteiger partial charge in [-0.05, 0) is 48.8 Å². The molecule has 1 aliphatic carbocycles. The number of rotatable bonds is 1. The van der Waals surface area contributed by atoms with E-state index in [9.17, 15) is 9.59 Å². The first-order valence-corrected chi connectivity index (χ1v) is 6.93. The molecule has 0 spiro atoms. The molecule has 1 atom stereocenters. The largest absolute Gasteiger partial charge is 0.315 e. The van der Waals surface area contributed by atoms with Gasteiger partial charge in [-0.1, -0.05) is 29.8 Å². The first-order valence-electron chi connectivity index (χ1n) is 6.93. The van der Waals surface area contributed by atoms with E-state index in [1.807, 2.05) is 6.07 Å². The molecule has 4 heteroatoms. The fraction of sp³-hybridized carbons (Fsp3) is 0.294. The van der Waals surface area contributed by atoms with Crippen LogP contribution in [0.25, 0.3) is 0 Å². The predicted octanol–water partition coefficient (Wildman–Crippen LogP) is 2.65. The van der Waals surface area contributed by atoms with Crippen molar-refractivity contribution in [3.63, 3.8) is 0 Å². The summed E-state index contributed by atoms with van der Waals surface area (Å²) in [6.45, 7) is 3.70. The third-order valence-electron chi connectivity index (χ3n) is 3.95. The van der Waals surface area contributed by atoms with Crippen LogP contribution in [-0.4, -0.2) is 24.7 Å². The van der Waals surface area contributed by atoms with Gasteiger partial charge in [0.05, 0.1) is 0 Å². The Bertz CT molecular complexity index is 646. The quantitative estimate of drug-likeness (QED) is 0.627. The minimum Gasteiger partial charge on any atom is -0.315 e. The van der Waals surface area contributed by atoms with Crippen molar-refractivity contribution in [3.8, 4) is 0 Å². The normalized spacial score (nSPS) is 21.7. The number of carbonyl (C=O) groups is 2. The van der Waals surface area contributed by atoms with Gasteiger partial charge in [0.1, 0.15) is 0 Å². The molecule has 1 heterocycles. The first kappa shape index (κ1) is 15.9. The zero-order chi connectivity index (χ0) is 14.1. The van der Waals surface area contributed by atoms with Gasteiger partial charge >= 0.3 is 0 Å². The van der Waals surface area contributed by atoms with Crippen LogP contribution in [0.4, 0.5) is 0 Å². The molecule has 110 valence electrons. The number of nitrogens with one attached hydrogen (secondary N) is 1. The molecular weight excluding hydrogens is 330 g/mol. The number of aryl methyl sites for hydroxylation is 1. The highest BCUT2D eigenvalue weighted by Gasteiger charge is 2.28. The summed E-state index contributed by atoms with van der Waals surface area (Å²) in [4.78, 5) is 23.3. The van der Waals surface area contributed by atoms with Crippen molar-refractivity contribution in [3.05, 3.63) is 58.7 Å². The molecule has 1 fully saturated rings. The van der Waals surface area contributed by atoms with Crippen LogP contribution >= 0.6 is 17.0 Å². The summed E-state index contributed by atoms with van der Waals surface area (Å²) in [5.74, 6) is -0.655. The van der Waals surface area contributed by atoms with Crippen LogP contribution in [0.2, 0.25) is 0 Å². The van der Waals surface area contributed by atoms with Gasteiger partial charge in [-0.3, -0.25) is 9.59 Å². The molecule has 1 aromatic rings. The predicted molar refractivity (Wildman–Crippen MR) is 87.9 cm³/mol. The highest BCUT2D eigenvalue weighted by molar-refractivity contribution is 8.93. The molecule has 3 nitrogen and oxygen atoms in total. The lowest BCUT2D eigenvalue weighted by atomic mass is 9.82. The number of allylic oxidation sites excluding steroid dienone is 2. The summed E-state index contributed by atoms with van der Waals surface area (Å²) in [6.07, 6.45) is 3.86. The average molecular weight is 348 g/mol. The average Bonchev–Trinajstić information content (AvgIpc) is 2.62. The van der Waals surface area contributed by atoms with Gasteiger partial charge in [-0.25, -0.2) is 0 Å². The number of carbonyl (C=O) groups excluding carboxylic acids is 2. The zero-order valence-electron chi connectivity index (χ0n) is 11.9. The minimum absolute atomic E-state index is 0. The molecule has 1 aromatic carbocycles. The van der Waals surface area contributed by atoms with Gasteiger partial charge in [0, 0.05) is 12.5 Å². The molecule has 0 bridgehead atoms. The van der Waals surface area contributed by atoms with Gasteiger partial charge in [-0.2, -0.15) is 0 Å². The van der Waals surface area contributed by atoms with E-state index in [2.05, 4.69) is 30.4 Å². The SMILES string of the molecule is Br.Cc1cccc(C2CNCCC3=CC(=O)C(=O)C=C32)c1. The number of benzene rings is 1. The maximum Gasteiger partial charge on any atom is 0.226 e. The highest BCUT2D eigenvalue weighted by atomic mass is 79.9. The smallest absolute Gasteiger partial charge is 0.226 e. The first-order chi connectivity index (χ1) is 9.65. The lowest BCUT2D eigenvalue weighted by Crippen LogP contribution is -2.22.